The molecule has 0 unspecified atom stereocenters. The van der Waals surface area contributed by atoms with Crippen LogP contribution in [0.4, 0.5) is 13.2 Å². The summed E-state index contributed by atoms with van der Waals surface area (Å²) in [7, 11) is 0. The van der Waals surface area contributed by atoms with Crippen LogP contribution in [-0.4, -0.2) is 34.3 Å². The van der Waals surface area contributed by atoms with Crippen LogP contribution in [0.25, 0.3) is 21.3 Å². The van der Waals surface area contributed by atoms with Crippen molar-refractivity contribution >= 4 is 33.2 Å². The van der Waals surface area contributed by atoms with Crippen molar-refractivity contribution in [2.24, 2.45) is 0 Å². The zero-order chi connectivity index (χ0) is 22.7. The van der Waals surface area contributed by atoms with Gasteiger partial charge in [0.1, 0.15) is 5.75 Å². The lowest BCUT2D eigenvalue weighted by Crippen LogP contribution is -2.38. The lowest BCUT2D eigenvalue weighted by atomic mass is 9.98. The summed E-state index contributed by atoms with van der Waals surface area (Å²) in [5.74, 6) is 1.20. The highest BCUT2D eigenvalue weighted by molar-refractivity contribution is 7.17. The van der Waals surface area contributed by atoms with Crippen molar-refractivity contribution < 1.29 is 22.4 Å². The average molecular weight is 492 g/mol. The lowest BCUT2D eigenvalue weighted by molar-refractivity contribution is -0.147. The van der Waals surface area contributed by atoms with Gasteiger partial charge in [0.2, 0.25) is 0 Å². The first-order valence-corrected chi connectivity index (χ1v) is 11.7. The predicted molar refractivity (Wildman–Crippen MR) is 119 cm³/mol. The molecule has 0 fully saturated rings. The van der Waals surface area contributed by atoms with Gasteiger partial charge in [-0.3, -0.25) is 9.88 Å². The predicted octanol–water partition coefficient (Wildman–Crippen LogP) is 6.20. The van der Waals surface area contributed by atoms with Crippen LogP contribution in [0.5, 0.6) is 5.75 Å². The van der Waals surface area contributed by atoms with Gasteiger partial charge in [0.05, 0.1) is 22.5 Å². The zero-order valence-electron chi connectivity index (χ0n) is 17.2. The van der Waals surface area contributed by atoms with Crippen LogP contribution in [0.3, 0.4) is 0 Å². The molecule has 2 aliphatic rings. The largest absolute Gasteiger partial charge is 0.481 e. The van der Waals surface area contributed by atoms with Crippen LogP contribution in [0.2, 0.25) is 5.02 Å². The molecule has 5 heterocycles. The highest BCUT2D eigenvalue weighted by Gasteiger charge is 2.38. The van der Waals surface area contributed by atoms with E-state index >= 15 is 0 Å². The Morgan fingerprint density at radius 3 is 2.94 bits per heavy atom. The second-order valence-electron chi connectivity index (χ2n) is 8.29. The third-order valence-corrected chi connectivity index (χ3v) is 7.23. The molecule has 4 aromatic rings. The number of rotatable bonds is 3. The summed E-state index contributed by atoms with van der Waals surface area (Å²) in [6.07, 6.45) is -2.05. The maximum atomic E-state index is 12.9. The number of aromatic nitrogens is 2. The first-order chi connectivity index (χ1) is 15.9. The van der Waals surface area contributed by atoms with Gasteiger partial charge in [-0.2, -0.15) is 13.2 Å². The molecule has 0 saturated heterocycles. The van der Waals surface area contributed by atoms with E-state index in [1.165, 1.54) is 4.90 Å². The summed E-state index contributed by atoms with van der Waals surface area (Å²) >= 11 is 8.05. The second-order valence-corrected chi connectivity index (χ2v) is 9.65. The average Bonchev–Trinajstić information content (AvgIpc) is 3.48. The molecule has 170 valence electrons. The topological polar surface area (TPSA) is 51.4 Å². The van der Waals surface area contributed by atoms with E-state index in [9.17, 15) is 13.2 Å². The van der Waals surface area contributed by atoms with E-state index in [0.717, 1.165) is 26.9 Å². The molecule has 5 nitrogen and oxygen atoms in total. The fourth-order valence-electron chi connectivity index (χ4n) is 4.69. The van der Waals surface area contributed by atoms with E-state index in [-0.39, 0.29) is 6.54 Å². The van der Waals surface area contributed by atoms with Gasteiger partial charge in [0.25, 0.3) is 0 Å². The standard InChI is InChI=1S/C23H17ClF3N3O2S/c24-13-7-12-8-19(21-16-10-30(11-23(25,26)27)5-2-17(16)29-32-21)31-20(12)15(9-13)14-1-4-28-18-3-6-33-22(14)18/h1,3-4,6-7,9,19H,2,5,8,10-11H2/t19-/m1/s1. The Labute approximate surface area is 195 Å². The number of hydrogen-bond acceptors (Lipinski definition) is 6. The molecular formula is C23H17ClF3N3O2S. The molecule has 2 aliphatic heterocycles. The number of fused-ring (bicyclic) bond motifs is 3. The van der Waals surface area contributed by atoms with E-state index in [2.05, 4.69) is 10.1 Å². The second kappa shape index (κ2) is 7.72. The van der Waals surface area contributed by atoms with E-state index in [1.54, 1.807) is 17.5 Å². The van der Waals surface area contributed by atoms with Gasteiger partial charge in [-0.15, -0.1) is 11.3 Å². The van der Waals surface area contributed by atoms with Crippen molar-refractivity contribution in [1.29, 1.82) is 0 Å². The summed E-state index contributed by atoms with van der Waals surface area (Å²) in [5.41, 5.74) is 5.07. The molecule has 0 N–H and O–H groups in total. The minimum atomic E-state index is -4.25. The number of pyridine rings is 1. The Bertz CT molecular complexity index is 1370. The smallest absolute Gasteiger partial charge is 0.401 e. The summed E-state index contributed by atoms with van der Waals surface area (Å²) in [4.78, 5) is 5.78. The van der Waals surface area contributed by atoms with E-state index in [1.807, 2.05) is 29.6 Å². The molecule has 0 spiro atoms. The normalized spacial score (nSPS) is 18.4. The first-order valence-electron chi connectivity index (χ1n) is 10.4. The van der Waals surface area contributed by atoms with Crippen molar-refractivity contribution in [2.45, 2.75) is 31.7 Å². The number of thiophene rings is 1. The van der Waals surface area contributed by atoms with Crippen molar-refractivity contribution in [3.05, 3.63) is 63.4 Å². The van der Waals surface area contributed by atoms with Gasteiger partial charge >= 0.3 is 6.18 Å². The summed E-state index contributed by atoms with van der Waals surface area (Å²) in [5, 5.41) is 6.71. The Morgan fingerprint density at radius 2 is 2.09 bits per heavy atom. The van der Waals surface area contributed by atoms with Gasteiger partial charge < -0.3 is 9.26 Å². The van der Waals surface area contributed by atoms with Crippen molar-refractivity contribution in [1.82, 2.24) is 15.0 Å². The fourth-order valence-corrected chi connectivity index (χ4v) is 5.81. The molecule has 10 heteroatoms. The molecule has 1 atom stereocenters. The first kappa shape index (κ1) is 20.9. The van der Waals surface area contributed by atoms with E-state index in [0.29, 0.717) is 47.2 Å². The van der Waals surface area contributed by atoms with Crippen LogP contribution >= 0.6 is 22.9 Å². The Kier molecular flexibility index (Phi) is 4.90. The van der Waals surface area contributed by atoms with Gasteiger partial charge in [0.15, 0.2) is 11.9 Å². The van der Waals surface area contributed by atoms with Crippen LogP contribution < -0.4 is 4.74 Å². The summed E-state index contributed by atoms with van der Waals surface area (Å²) in [6.45, 7) is -0.526. The molecule has 0 radical (unpaired) electrons. The van der Waals surface area contributed by atoms with E-state index in [4.69, 9.17) is 20.9 Å². The van der Waals surface area contributed by atoms with Crippen LogP contribution in [0, 0.1) is 0 Å². The van der Waals surface area contributed by atoms with Crippen molar-refractivity contribution in [2.75, 3.05) is 13.1 Å². The van der Waals surface area contributed by atoms with Crippen molar-refractivity contribution in [3.63, 3.8) is 0 Å². The molecule has 6 rings (SSSR count). The molecule has 1 aromatic carbocycles. The van der Waals surface area contributed by atoms with E-state index < -0.39 is 18.8 Å². The number of benzene rings is 1. The summed E-state index contributed by atoms with van der Waals surface area (Å²) < 4.78 is 51.8. The van der Waals surface area contributed by atoms with Crippen LogP contribution in [-0.2, 0) is 19.4 Å². The van der Waals surface area contributed by atoms with Gasteiger partial charge in [-0.05, 0) is 29.6 Å². The minimum Gasteiger partial charge on any atom is -0.481 e. The zero-order valence-corrected chi connectivity index (χ0v) is 18.7. The van der Waals surface area contributed by atoms with Crippen LogP contribution in [0.15, 0.2) is 40.4 Å². The maximum absolute atomic E-state index is 12.9. The SMILES string of the molecule is FC(F)(F)CN1CCc2noc([C@H]3Cc4cc(Cl)cc(-c5ccnc6ccsc56)c4O3)c2C1. The Hall–Kier alpha value is -2.62. The Balaban J connectivity index is 1.35. The number of halogens is 4. The number of ether oxygens (including phenoxy) is 1. The summed E-state index contributed by atoms with van der Waals surface area (Å²) in [6, 6.07) is 7.64. The third kappa shape index (κ3) is 3.78. The molecule has 0 aliphatic carbocycles. The Morgan fingerprint density at radius 1 is 1.21 bits per heavy atom. The number of nitrogens with zero attached hydrogens (tertiary/aromatic N) is 3. The minimum absolute atomic E-state index is 0.137. The molecular weight excluding hydrogens is 475 g/mol. The molecule has 3 aromatic heterocycles. The lowest BCUT2D eigenvalue weighted by Gasteiger charge is -2.27. The van der Waals surface area contributed by atoms with Crippen molar-refractivity contribution in [3.8, 4) is 16.9 Å². The van der Waals surface area contributed by atoms with Gasteiger partial charge in [-0.25, -0.2) is 0 Å². The maximum Gasteiger partial charge on any atom is 0.401 e. The van der Waals surface area contributed by atoms with Gasteiger partial charge in [0, 0.05) is 59.4 Å². The molecule has 0 bridgehead atoms. The molecule has 33 heavy (non-hydrogen) atoms. The monoisotopic (exact) mass is 491 g/mol. The highest BCUT2D eigenvalue weighted by atomic mass is 35.5. The highest BCUT2D eigenvalue weighted by Crippen LogP contribution is 2.47. The third-order valence-electron chi connectivity index (χ3n) is 6.07. The van der Waals surface area contributed by atoms with Crippen LogP contribution in [0.1, 0.15) is 28.7 Å². The quantitative estimate of drug-likeness (QED) is 0.341. The molecule has 0 saturated carbocycles. The van der Waals surface area contributed by atoms with Gasteiger partial charge in [-0.1, -0.05) is 16.8 Å². The number of hydrogen-bond donors (Lipinski definition) is 0. The number of alkyl halides is 3. The molecule has 0 amide bonds. The fraction of sp³-hybridized carbons (Fsp3) is 0.304.